The van der Waals surface area contributed by atoms with Crippen LogP contribution < -0.4 is 5.32 Å². The van der Waals surface area contributed by atoms with Crippen molar-refractivity contribution in [2.75, 3.05) is 6.61 Å². The maximum absolute atomic E-state index is 11.2. The van der Waals surface area contributed by atoms with E-state index in [4.69, 9.17) is 4.74 Å². The Balaban J connectivity index is 3.89. The monoisotopic (exact) mass is 215 g/mol. The molecule has 0 aromatic carbocycles. The third-order valence-corrected chi connectivity index (χ3v) is 2.06. The van der Waals surface area contributed by atoms with Gasteiger partial charge in [0.25, 0.3) is 0 Å². The van der Waals surface area contributed by atoms with Gasteiger partial charge in [-0.05, 0) is 41.0 Å². The van der Waals surface area contributed by atoms with E-state index in [1.54, 1.807) is 0 Å². The average molecular weight is 215 g/mol. The minimum atomic E-state index is -0.182. The van der Waals surface area contributed by atoms with Gasteiger partial charge >= 0.3 is 0 Å². The Hall–Kier alpha value is -0.570. The van der Waals surface area contributed by atoms with Crippen molar-refractivity contribution in [1.82, 2.24) is 5.32 Å². The number of hydrogen-bond donors (Lipinski definition) is 1. The molecule has 0 fully saturated rings. The van der Waals surface area contributed by atoms with Crippen molar-refractivity contribution in [3.05, 3.63) is 0 Å². The summed E-state index contributed by atoms with van der Waals surface area (Å²) < 4.78 is 5.63. The molecule has 0 radical (unpaired) electrons. The number of amides is 1. The zero-order valence-corrected chi connectivity index (χ0v) is 10.9. The summed E-state index contributed by atoms with van der Waals surface area (Å²) in [7, 11) is 0. The van der Waals surface area contributed by atoms with Crippen molar-refractivity contribution in [2.45, 2.75) is 65.5 Å². The van der Waals surface area contributed by atoms with Crippen LogP contribution in [-0.2, 0) is 9.53 Å². The summed E-state index contributed by atoms with van der Waals surface area (Å²) in [5.41, 5.74) is -0.289. The smallest absolute Gasteiger partial charge is 0.220 e. The van der Waals surface area contributed by atoms with Gasteiger partial charge in [-0.3, -0.25) is 4.79 Å². The molecule has 0 saturated carbocycles. The van der Waals surface area contributed by atoms with Crippen LogP contribution in [0.1, 0.15) is 54.4 Å². The fraction of sp³-hybridized carbons (Fsp3) is 0.917. The van der Waals surface area contributed by atoms with Crippen molar-refractivity contribution in [3.63, 3.8) is 0 Å². The van der Waals surface area contributed by atoms with Crippen LogP contribution >= 0.6 is 0 Å². The molecule has 0 aromatic heterocycles. The minimum Gasteiger partial charge on any atom is -0.376 e. The fourth-order valence-corrected chi connectivity index (χ4v) is 1.14. The standard InChI is InChI=1S/C12H25NO2/c1-7-10(14)13-12(5,6)8-9-15-11(2,3)4/h7-9H2,1-6H3,(H,13,14). The number of carbonyl (C=O) groups is 1. The molecular formula is C12H25NO2. The zero-order chi connectivity index (χ0) is 12.1. The Morgan fingerprint density at radius 1 is 1.20 bits per heavy atom. The van der Waals surface area contributed by atoms with Gasteiger partial charge in [0, 0.05) is 18.6 Å². The summed E-state index contributed by atoms with van der Waals surface area (Å²) in [5, 5.41) is 2.97. The van der Waals surface area contributed by atoms with Crippen molar-refractivity contribution < 1.29 is 9.53 Å². The van der Waals surface area contributed by atoms with Crippen LogP contribution in [0.3, 0.4) is 0 Å². The van der Waals surface area contributed by atoms with E-state index in [9.17, 15) is 4.79 Å². The van der Waals surface area contributed by atoms with Crippen LogP contribution in [0.2, 0.25) is 0 Å². The highest BCUT2D eigenvalue weighted by Gasteiger charge is 2.20. The number of rotatable bonds is 5. The zero-order valence-electron chi connectivity index (χ0n) is 10.9. The molecule has 1 N–H and O–H groups in total. The fourth-order valence-electron chi connectivity index (χ4n) is 1.14. The maximum Gasteiger partial charge on any atom is 0.220 e. The molecule has 0 rings (SSSR count). The second kappa shape index (κ2) is 5.50. The molecule has 0 spiro atoms. The van der Waals surface area contributed by atoms with Crippen molar-refractivity contribution in [3.8, 4) is 0 Å². The first kappa shape index (κ1) is 14.4. The van der Waals surface area contributed by atoms with Crippen molar-refractivity contribution in [1.29, 1.82) is 0 Å². The molecule has 0 unspecified atom stereocenters. The molecular weight excluding hydrogens is 190 g/mol. The van der Waals surface area contributed by atoms with Gasteiger partial charge in [0.15, 0.2) is 0 Å². The highest BCUT2D eigenvalue weighted by atomic mass is 16.5. The summed E-state index contributed by atoms with van der Waals surface area (Å²) in [6, 6.07) is 0. The van der Waals surface area contributed by atoms with Crippen LogP contribution in [0.15, 0.2) is 0 Å². The first-order valence-corrected chi connectivity index (χ1v) is 5.61. The molecule has 0 aromatic rings. The Bertz CT molecular complexity index is 204. The highest BCUT2D eigenvalue weighted by molar-refractivity contribution is 5.76. The summed E-state index contributed by atoms with van der Waals surface area (Å²) in [5.74, 6) is 0.0933. The van der Waals surface area contributed by atoms with E-state index in [1.165, 1.54) is 0 Å². The second-order valence-electron chi connectivity index (χ2n) is 5.50. The molecule has 3 heteroatoms. The van der Waals surface area contributed by atoms with Crippen LogP contribution in [-0.4, -0.2) is 23.7 Å². The normalized spacial score (nSPS) is 12.7. The van der Waals surface area contributed by atoms with E-state index in [-0.39, 0.29) is 17.0 Å². The summed E-state index contributed by atoms with van der Waals surface area (Å²) >= 11 is 0. The van der Waals surface area contributed by atoms with Gasteiger partial charge in [0.2, 0.25) is 5.91 Å². The van der Waals surface area contributed by atoms with Crippen molar-refractivity contribution in [2.24, 2.45) is 0 Å². The topological polar surface area (TPSA) is 38.3 Å². The van der Waals surface area contributed by atoms with E-state index in [2.05, 4.69) is 5.32 Å². The van der Waals surface area contributed by atoms with Crippen LogP contribution in [0.4, 0.5) is 0 Å². The number of ether oxygens (including phenoxy) is 1. The number of hydrogen-bond acceptors (Lipinski definition) is 2. The molecule has 0 bridgehead atoms. The quantitative estimate of drug-likeness (QED) is 0.765. The molecule has 3 nitrogen and oxygen atoms in total. The lowest BCUT2D eigenvalue weighted by Gasteiger charge is -2.28. The van der Waals surface area contributed by atoms with Gasteiger partial charge in [-0.25, -0.2) is 0 Å². The predicted molar refractivity (Wildman–Crippen MR) is 62.8 cm³/mol. The number of carbonyl (C=O) groups excluding carboxylic acids is 1. The van der Waals surface area contributed by atoms with Gasteiger partial charge in [0.1, 0.15) is 0 Å². The summed E-state index contributed by atoms with van der Waals surface area (Å²) in [4.78, 5) is 11.2. The van der Waals surface area contributed by atoms with Gasteiger partial charge in [0.05, 0.1) is 5.60 Å². The first-order chi connectivity index (χ1) is 6.66. The first-order valence-electron chi connectivity index (χ1n) is 5.61. The molecule has 90 valence electrons. The molecule has 0 aliphatic rings. The van der Waals surface area contributed by atoms with E-state index < -0.39 is 0 Å². The van der Waals surface area contributed by atoms with Gasteiger partial charge in [-0.1, -0.05) is 6.92 Å². The number of nitrogens with one attached hydrogen (secondary N) is 1. The molecule has 0 aliphatic heterocycles. The molecule has 15 heavy (non-hydrogen) atoms. The second-order valence-corrected chi connectivity index (χ2v) is 5.50. The van der Waals surface area contributed by atoms with Crippen LogP contribution in [0.5, 0.6) is 0 Å². The van der Waals surface area contributed by atoms with E-state index in [0.717, 1.165) is 6.42 Å². The van der Waals surface area contributed by atoms with E-state index in [1.807, 2.05) is 41.5 Å². The van der Waals surface area contributed by atoms with Crippen LogP contribution in [0.25, 0.3) is 0 Å². The lowest BCUT2D eigenvalue weighted by atomic mass is 10.0. The molecule has 0 aliphatic carbocycles. The summed E-state index contributed by atoms with van der Waals surface area (Å²) in [6.07, 6.45) is 1.36. The van der Waals surface area contributed by atoms with Gasteiger partial charge in [-0.15, -0.1) is 0 Å². The maximum atomic E-state index is 11.2. The molecule has 0 saturated heterocycles. The largest absolute Gasteiger partial charge is 0.376 e. The van der Waals surface area contributed by atoms with Crippen LogP contribution in [0, 0.1) is 0 Å². The molecule has 0 atom stereocenters. The lowest BCUT2D eigenvalue weighted by Crippen LogP contribution is -2.44. The lowest BCUT2D eigenvalue weighted by molar-refractivity contribution is -0.122. The Morgan fingerprint density at radius 3 is 2.13 bits per heavy atom. The van der Waals surface area contributed by atoms with E-state index in [0.29, 0.717) is 13.0 Å². The van der Waals surface area contributed by atoms with Gasteiger partial charge in [-0.2, -0.15) is 0 Å². The van der Waals surface area contributed by atoms with Crippen molar-refractivity contribution >= 4 is 5.91 Å². The third kappa shape index (κ3) is 8.43. The molecule has 1 amide bonds. The van der Waals surface area contributed by atoms with Gasteiger partial charge < -0.3 is 10.1 Å². The third-order valence-electron chi connectivity index (χ3n) is 2.06. The SMILES string of the molecule is CCC(=O)NC(C)(C)CCOC(C)(C)C. The molecule has 0 heterocycles. The Kier molecular flexibility index (Phi) is 5.29. The Labute approximate surface area is 93.6 Å². The predicted octanol–water partition coefficient (Wildman–Crippen LogP) is 2.50. The van der Waals surface area contributed by atoms with E-state index >= 15 is 0 Å². The minimum absolute atomic E-state index is 0.0933. The summed E-state index contributed by atoms with van der Waals surface area (Å²) in [6.45, 7) is 12.7. The average Bonchev–Trinajstić information content (AvgIpc) is 2.00. The highest BCUT2D eigenvalue weighted by Crippen LogP contribution is 2.13. The Morgan fingerprint density at radius 2 is 1.73 bits per heavy atom.